The Morgan fingerprint density at radius 1 is 1.05 bits per heavy atom. The number of nitrogen functional groups attached to an aromatic ring is 1. The first-order chi connectivity index (χ1) is 9.33. The van der Waals surface area contributed by atoms with Crippen molar-refractivity contribution in [2.45, 2.75) is 19.4 Å². The van der Waals surface area contributed by atoms with Crippen molar-refractivity contribution in [1.82, 2.24) is 9.78 Å². The van der Waals surface area contributed by atoms with Gasteiger partial charge in [-0.05, 0) is 36.6 Å². The molecule has 0 bridgehead atoms. The summed E-state index contributed by atoms with van der Waals surface area (Å²) in [6.45, 7) is 0.918. The van der Waals surface area contributed by atoms with Crippen LogP contribution in [0.25, 0.3) is 10.9 Å². The van der Waals surface area contributed by atoms with Crippen LogP contribution in [-0.4, -0.2) is 9.78 Å². The SMILES string of the molecule is Nc1ccc2cnn(CCCc3ccccc3)c2c1. The van der Waals surface area contributed by atoms with Gasteiger partial charge in [0.25, 0.3) is 0 Å². The lowest BCUT2D eigenvalue weighted by Crippen LogP contribution is -2.01. The Morgan fingerprint density at radius 3 is 2.74 bits per heavy atom. The topological polar surface area (TPSA) is 43.8 Å². The third-order valence-corrected chi connectivity index (χ3v) is 3.35. The highest BCUT2D eigenvalue weighted by molar-refractivity contribution is 5.81. The van der Waals surface area contributed by atoms with Crippen molar-refractivity contribution in [2.75, 3.05) is 5.73 Å². The van der Waals surface area contributed by atoms with Crippen molar-refractivity contribution in [3.8, 4) is 0 Å². The van der Waals surface area contributed by atoms with Crippen LogP contribution in [0.1, 0.15) is 12.0 Å². The number of hydrogen-bond acceptors (Lipinski definition) is 2. The maximum Gasteiger partial charge on any atom is 0.0702 e. The Kier molecular flexibility index (Phi) is 3.19. The molecule has 96 valence electrons. The van der Waals surface area contributed by atoms with Crippen molar-refractivity contribution >= 4 is 16.6 Å². The molecular formula is C16H17N3. The van der Waals surface area contributed by atoms with E-state index in [1.54, 1.807) is 0 Å². The molecule has 2 aromatic carbocycles. The second-order valence-corrected chi connectivity index (χ2v) is 4.78. The lowest BCUT2D eigenvalue weighted by atomic mass is 10.1. The van der Waals surface area contributed by atoms with Crippen LogP contribution in [0.2, 0.25) is 0 Å². The summed E-state index contributed by atoms with van der Waals surface area (Å²) in [4.78, 5) is 0. The normalized spacial score (nSPS) is 10.9. The minimum absolute atomic E-state index is 0.789. The summed E-state index contributed by atoms with van der Waals surface area (Å²) in [5.41, 5.74) is 9.11. The summed E-state index contributed by atoms with van der Waals surface area (Å²) in [7, 11) is 0. The Labute approximate surface area is 112 Å². The first-order valence-electron chi connectivity index (χ1n) is 6.58. The predicted molar refractivity (Wildman–Crippen MR) is 78.9 cm³/mol. The lowest BCUT2D eigenvalue weighted by molar-refractivity contribution is 0.596. The van der Waals surface area contributed by atoms with Gasteiger partial charge in [0.1, 0.15) is 0 Å². The van der Waals surface area contributed by atoms with Gasteiger partial charge in [-0.1, -0.05) is 30.3 Å². The van der Waals surface area contributed by atoms with Crippen molar-refractivity contribution in [2.24, 2.45) is 0 Å². The van der Waals surface area contributed by atoms with E-state index in [9.17, 15) is 0 Å². The predicted octanol–water partition coefficient (Wildman–Crippen LogP) is 3.25. The third kappa shape index (κ3) is 2.60. The van der Waals surface area contributed by atoms with E-state index in [1.165, 1.54) is 5.56 Å². The molecule has 0 saturated carbocycles. The molecule has 0 unspecified atom stereocenters. The quantitative estimate of drug-likeness (QED) is 0.723. The maximum absolute atomic E-state index is 5.83. The highest BCUT2D eigenvalue weighted by Crippen LogP contribution is 2.17. The smallest absolute Gasteiger partial charge is 0.0702 e. The maximum atomic E-state index is 5.83. The standard InChI is InChI=1S/C16H17N3/c17-15-9-8-14-12-18-19(16(14)11-15)10-4-7-13-5-2-1-3-6-13/h1-3,5-6,8-9,11-12H,4,7,10,17H2. The molecule has 2 N–H and O–H groups in total. The average Bonchev–Trinajstić information content (AvgIpc) is 2.83. The second kappa shape index (κ2) is 5.14. The van der Waals surface area contributed by atoms with Gasteiger partial charge in [-0.15, -0.1) is 0 Å². The zero-order valence-electron chi connectivity index (χ0n) is 10.8. The number of hydrogen-bond donors (Lipinski definition) is 1. The molecule has 1 heterocycles. The van der Waals surface area contributed by atoms with Crippen molar-refractivity contribution < 1.29 is 0 Å². The number of anilines is 1. The Morgan fingerprint density at radius 2 is 1.89 bits per heavy atom. The summed E-state index contributed by atoms with van der Waals surface area (Å²) in [5, 5.41) is 5.58. The molecule has 0 saturated heterocycles. The minimum atomic E-state index is 0.789. The molecule has 3 rings (SSSR count). The van der Waals surface area contributed by atoms with Gasteiger partial charge >= 0.3 is 0 Å². The molecule has 3 nitrogen and oxygen atoms in total. The third-order valence-electron chi connectivity index (χ3n) is 3.35. The van der Waals surface area contributed by atoms with E-state index in [-0.39, 0.29) is 0 Å². The first kappa shape index (κ1) is 11.8. The van der Waals surface area contributed by atoms with E-state index in [0.717, 1.165) is 36.0 Å². The van der Waals surface area contributed by atoms with E-state index in [0.29, 0.717) is 0 Å². The Balaban J connectivity index is 1.70. The van der Waals surface area contributed by atoms with E-state index >= 15 is 0 Å². The van der Waals surface area contributed by atoms with Crippen LogP contribution in [0.3, 0.4) is 0 Å². The largest absolute Gasteiger partial charge is 0.399 e. The number of aromatic nitrogens is 2. The van der Waals surface area contributed by atoms with Crippen LogP contribution in [0.5, 0.6) is 0 Å². The number of rotatable bonds is 4. The van der Waals surface area contributed by atoms with E-state index in [1.807, 2.05) is 35.1 Å². The van der Waals surface area contributed by atoms with E-state index < -0.39 is 0 Å². The fraction of sp³-hybridized carbons (Fsp3) is 0.188. The van der Waals surface area contributed by atoms with Gasteiger partial charge in [0.05, 0.1) is 11.7 Å². The number of nitrogens with zero attached hydrogens (tertiary/aromatic N) is 2. The van der Waals surface area contributed by atoms with Crippen LogP contribution in [0.15, 0.2) is 54.7 Å². The number of benzene rings is 2. The van der Waals surface area contributed by atoms with Crippen LogP contribution in [-0.2, 0) is 13.0 Å². The molecular weight excluding hydrogens is 234 g/mol. The Hall–Kier alpha value is -2.29. The molecule has 0 aliphatic carbocycles. The molecule has 0 spiro atoms. The highest BCUT2D eigenvalue weighted by atomic mass is 15.3. The van der Waals surface area contributed by atoms with Crippen LogP contribution < -0.4 is 5.73 Å². The summed E-state index contributed by atoms with van der Waals surface area (Å²) >= 11 is 0. The van der Waals surface area contributed by atoms with Gasteiger partial charge in [-0.3, -0.25) is 4.68 Å². The second-order valence-electron chi connectivity index (χ2n) is 4.78. The Bertz CT molecular complexity index is 671. The molecule has 1 aromatic heterocycles. The molecule has 0 atom stereocenters. The number of fused-ring (bicyclic) bond motifs is 1. The zero-order chi connectivity index (χ0) is 13.1. The first-order valence-corrected chi connectivity index (χ1v) is 6.58. The van der Waals surface area contributed by atoms with Crippen molar-refractivity contribution in [1.29, 1.82) is 0 Å². The molecule has 19 heavy (non-hydrogen) atoms. The molecule has 0 amide bonds. The van der Waals surface area contributed by atoms with E-state index in [4.69, 9.17) is 5.73 Å². The molecule has 3 aromatic rings. The summed E-state index contributed by atoms with van der Waals surface area (Å²) in [6.07, 6.45) is 4.05. The number of nitrogens with two attached hydrogens (primary N) is 1. The molecule has 0 aliphatic rings. The summed E-state index contributed by atoms with van der Waals surface area (Å²) < 4.78 is 2.04. The summed E-state index contributed by atoms with van der Waals surface area (Å²) in [6, 6.07) is 16.5. The molecule has 0 aliphatic heterocycles. The molecule has 0 radical (unpaired) electrons. The van der Waals surface area contributed by atoms with Crippen molar-refractivity contribution in [3.05, 3.63) is 60.3 Å². The summed E-state index contributed by atoms with van der Waals surface area (Å²) in [5.74, 6) is 0. The fourth-order valence-corrected chi connectivity index (χ4v) is 2.34. The molecule has 0 fully saturated rings. The van der Waals surface area contributed by atoms with Crippen molar-refractivity contribution in [3.63, 3.8) is 0 Å². The molecule has 3 heteroatoms. The van der Waals surface area contributed by atoms with Gasteiger partial charge in [-0.25, -0.2) is 0 Å². The van der Waals surface area contributed by atoms with Gasteiger partial charge in [0, 0.05) is 17.6 Å². The van der Waals surface area contributed by atoms with Gasteiger partial charge in [0.2, 0.25) is 0 Å². The van der Waals surface area contributed by atoms with Crippen LogP contribution in [0.4, 0.5) is 5.69 Å². The van der Waals surface area contributed by atoms with Gasteiger partial charge in [0.15, 0.2) is 0 Å². The van der Waals surface area contributed by atoms with Gasteiger partial charge in [-0.2, -0.15) is 5.10 Å². The average molecular weight is 251 g/mol. The lowest BCUT2D eigenvalue weighted by Gasteiger charge is -2.04. The van der Waals surface area contributed by atoms with Crippen LogP contribution in [0, 0.1) is 0 Å². The minimum Gasteiger partial charge on any atom is -0.399 e. The monoisotopic (exact) mass is 251 g/mol. The van der Waals surface area contributed by atoms with Crippen LogP contribution >= 0.6 is 0 Å². The van der Waals surface area contributed by atoms with E-state index in [2.05, 4.69) is 29.4 Å². The number of aryl methyl sites for hydroxylation is 2. The highest BCUT2D eigenvalue weighted by Gasteiger charge is 2.02. The zero-order valence-corrected chi connectivity index (χ0v) is 10.8. The van der Waals surface area contributed by atoms with Gasteiger partial charge < -0.3 is 5.73 Å². The fourth-order valence-electron chi connectivity index (χ4n) is 2.34.